The maximum atomic E-state index is 12.2. The number of aryl methyl sites for hydroxylation is 2. The summed E-state index contributed by atoms with van der Waals surface area (Å²) < 4.78 is 10.5. The van der Waals surface area contributed by atoms with Crippen LogP contribution in [0.15, 0.2) is 4.52 Å². The van der Waals surface area contributed by atoms with Gasteiger partial charge in [0.2, 0.25) is 5.91 Å². The van der Waals surface area contributed by atoms with Gasteiger partial charge >= 0.3 is 5.97 Å². The summed E-state index contributed by atoms with van der Waals surface area (Å²) in [7, 11) is 0. The van der Waals surface area contributed by atoms with Crippen LogP contribution in [-0.2, 0) is 20.7 Å². The number of amides is 1. The second-order valence-electron chi connectivity index (χ2n) is 7.79. The van der Waals surface area contributed by atoms with E-state index in [4.69, 9.17) is 9.26 Å². The highest BCUT2D eigenvalue weighted by molar-refractivity contribution is 5.77. The van der Waals surface area contributed by atoms with Crippen molar-refractivity contribution in [3.8, 4) is 0 Å². The topological polar surface area (TPSA) is 81.4 Å². The van der Waals surface area contributed by atoms with E-state index in [2.05, 4.69) is 10.5 Å². The zero-order valence-electron chi connectivity index (χ0n) is 15.9. The SMILES string of the molecule is Cc1noc(C)c1CCC(=O)NCCC(C)(C)C(=O)OC(C)(C)C. The average Bonchev–Trinajstić information content (AvgIpc) is 2.73. The van der Waals surface area contributed by atoms with E-state index in [1.165, 1.54) is 0 Å². The summed E-state index contributed by atoms with van der Waals surface area (Å²) >= 11 is 0. The Bertz CT molecular complexity index is 563. The molecule has 0 aliphatic rings. The quantitative estimate of drug-likeness (QED) is 0.773. The number of rotatable bonds is 7. The molecule has 0 saturated heterocycles. The molecular weight excluding hydrogens is 308 g/mol. The molecule has 6 nitrogen and oxygen atoms in total. The standard InChI is InChI=1S/C18H30N2O4/c1-12-14(13(2)24-20-12)8-9-15(21)19-11-10-18(6,7)16(22)23-17(3,4)5/h8-11H2,1-7H3,(H,19,21). The highest BCUT2D eigenvalue weighted by atomic mass is 16.6. The minimum atomic E-state index is -0.637. The summed E-state index contributed by atoms with van der Waals surface area (Å²) in [6, 6.07) is 0. The second kappa shape index (κ2) is 7.81. The molecule has 1 aromatic heterocycles. The lowest BCUT2D eigenvalue weighted by Gasteiger charge is -2.28. The van der Waals surface area contributed by atoms with Gasteiger partial charge in [-0.05, 0) is 61.3 Å². The fourth-order valence-electron chi connectivity index (χ4n) is 2.22. The van der Waals surface area contributed by atoms with E-state index in [0.717, 1.165) is 17.0 Å². The normalized spacial score (nSPS) is 12.1. The summed E-state index contributed by atoms with van der Waals surface area (Å²) in [5, 5.41) is 6.74. The summed E-state index contributed by atoms with van der Waals surface area (Å²) in [5.74, 6) is 0.460. The van der Waals surface area contributed by atoms with Gasteiger partial charge < -0.3 is 14.6 Å². The highest BCUT2D eigenvalue weighted by Crippen LogP contribution is 2.24. The second-order valence-corrected chi connectivity index (χ2v) is 7.79. The van der Waals surface area contributed by atoms with Gasteiger partial charge in [0.1, 0.15) is 11.4 Å². The van der Waals surface area contributed by atoms with Crippen molar-refractivity contribution in [3.63, 3.8) is 0 Å². The fourth-order valence-corrected chi connectivity index (χ4v) is 2.22. The lowest BCUT2D eigenvalue weighted by Crippen LogP contribution is -2.36. The fraction of sp³-hybridized carbons (Fsp3) is 0.722. The van der Waals surface area contributed by atoms with Crippen LogP contribution in [-0.4, -0.2) is 29.2 Å². The van der Waals surface area contributed by atoms with Crippen LogP contribution < -0.4 is 5.32 Å². The van der Waals surface area contributed by atoms with E-state index < -0.39 is 11.0 Å². The molecule has 0 aliphatic heterocycles. The molecule has 0 saturated carbocycles. The minimum absolute atomic E-state index is 0.0463. The first kappa shape index (κ1) is 20.2. The zero-order chi connectivity index (χ0) is 18.5. The molecule has 0 bridgehead atoms. The Balaban J connectivity index is 2.38. The number of hydrogen-bond donors (Lipinski definition) is 1. The van der Waals surface area contributed by atoms with Crippen LogP contribution >= 0.6 is 0 Å². The van der Waals surface area contributed by atoms with Crippen LogP contribution in [0.2, 0.25) is 0 Å². The van der Waals surface area contributed by atoms with E-state index in [9.17, 15) is 9.59 Å². The number of nitrogens with one attached hydrogen (secondary N) is 1. The third-order valence-electron chi connectivity index (χ3n) is 3.81. The van der Waals surface area contributed by atoms with Crippen LogP contribution in [0.3, 0.4) is 0 Å². The van der Waals surface area contributed by atoms with E-state index in [0.29, 0.717) is 25.8 Å². The van der Waals surface area contributed by atoms with Gasteiger partial charge in [0, 0.05) is 18.5 Å². The minimum Gasteiger partial charge on any atom is -0.460 e. The van der Waals surface area contributed by atoms with Crippen molar-refractivity contribution in [2.24, 2.45) is 5.41 Å². The molecular formula is C18H30N2O4. The van der Waals surface area contributed by atoms with Crippen molar-refractivity contribution in [3.05, 3.63) is 17.0 Å². The molecule has 1 N–H and O–H groups in total. The summed E-state index contributed by atoms with van der Waals surface area (Å²) in [4.78, 5) is 24.1. The Morgan fingerprint density at radius 1 is 1.17 bits per heavy atom. The number of esters is 1. The number of hydrogen-bond acceptors (Lipinski definition) is 5. The molecule has 0 fully saturated rings. The zero-order valence-corrected chi connectivity index (χ0v) is 15.9. The average molecular weight is 338 g/mol. The van der Waals surface area contributed by atoms with Gasteiger partial charge in [-0.1, -0.05) is 5.16 Å². The predicted octanol–water partition coefficient (Wildman–Crippen LogP) is 3.10. The maximum absolute atomic E-state index is 12.2. The molecule has 136 valence electrons. The summed E-state index contributed by atoms with van der Waals surface area (Å²) in [5.41, 5.74) is 0.666. The van der Waals surface area contributed by atoms with Crippen molar-refractivity contribution in [1.82, 2.24) is 10.5 Å². The van der Waals surface area contributed by atoms with Crippen LogP contribution in [0.4, 0.5) is 0 Å². The van der Waals surface area contributed by atoms with Gasteiger partial charge in [0.05, 0.1) is 11.1 Å². The molecule has 0 unspecified atom stereocenters. The molecule has 1 amide bonds. The number of aromatic nitrogens is 1. The van der Waals surface area contributed by atoms with Crippen molar-refractivity contribution in [2.45, 2.75) is 73.3 Å². The first-order valence-corrected chi connectivity index (χ1v) is 8.34. The van der Waals surface area contributed by atoms with E-state index >= 15 is 0 Å². The first-order chi connectivity index (χ1) is 10.9. The number of nitrogens with zero attached hydrogens (tertiary/aromatic N) is 1. The van der Waals surface area contributed by atoms with Crippen molar-refractivity contribution in [1.29, 1.82) is 0 Å². The van der Waals surface area contributed by atoms with Gasteiger partial charge in [0.25, 0.3) is 0 Å². The molecule has 0 aliphatic carbocycles. The van der Waals surface area contributed by atoms with E-state index in [1.807, 2.05) is 48.5 Å². The molecule has 1 heterocycles. The smallest absolute Gasteiger partial charge is 0.312 e. The van der Waals surface area contributed by atoms with Gasteiger partial charge in [-0.3, -0.25) is 9.59 Å². The van der Waals surface area contributed by atoms with Gasteiger partial charge in [0.15, 0.2) is 0 Å². The Morgan fingerprint density at radius 2 is 1.79 bits per heavy atom. The molecule has 0 atom stereocenters. The largest absolute Gasteiger partial charge is 0.460 e. The molecule has 0 aromatic carbocycles. The lowest BCUT2D eigenvalue weighted by atomic mass is 9.89. The van der Waals surface area contributed by atoms with Gasteiger partial charge in [-0.2, -0.15) is 0 Å². The predicted molar refractivity (Wildman–Crippen MR) is 91.6 cm³/mol. The number of ether oxygens (including phenoxy) is 1. The van der Waals surface area contributed by atoms with Crippen LogP contribution in [0, 0.1) is 19.3 Å². The molecule has 1 aromatic rings. The Hall–Kier alpha value is -1.85. The Labute approximate surface area is 144 Å². The van der Waals surface area contributed by atoms with Gasteiger partial charge in [-0.15, -0.1) is 0 Å². The van der Waals surface area contributed by atoms with Crippen LogP contribution in [0.5, 0.6) is 0 Å². The van der Waals surface area contributed by atoms with Crippen molar-refractivity contribution in [2.75, 3.05) is 6.54 Å². The third-order valence-corrected chi connectivity index (χ3v) is 3.81. The monoisotopic (exact) mass is 338 g/mol. The number of carbonyl (C=O) groups excluding carboxylic acids is 2. The Morgan fingerprint density at radius 3 is 2.29 bits per heavy atom. The Kier molecular flexibility index (Phi) is 6.58. The van der Waals surface area contributed by atoms with Crippen LogP contribution in [0.1, 0.15) is 64.5 Å². The lowest BCUT2D eigenvalue weighted by molar-refractivity contribution is -0.166. The molecule has 6 heteroatoms. The first-order valence-electron chi connectivity index (χ1n) is 8.34. The van der Waals surface area contributed by atoms with E-state index in [1.54, 1.807) is 0 Å². The maximum Gasteiger partial charge on any atom is 0.312 e. The van der Waals surface area contributed by atoms with Crippen molar-refractivity contribution < 1.29 is 18.8 Å². The number of carbonyl (C=O) groups is 2. The molecule has 0 radical (unpaired) electrons. The summed E-state index contributed by atoms with van der Waals surface area (Å²) in [6.45, 7) is 13.3. The molecule has 24 heavy (non-hydrogen) atoms. The van der Waals surface area contributed by atoms with Gasteiger partial charge in [-0.25, -0.2) is 0 Å². The molecule has 1 rings (SSSR count). The summed E-state index contributed by atoms with van der Waals surface area (Å²) in [6.07, 6.45) is 1.50. The van der Waals surface area contributed by atoms with Crippen LogP contribution in [0.25, 0.3) is 0 Å². The third kappa shape index (κ3) is 6.34. The highest BCUT2D eigenvalue weighted by Gasteiger charge is 2.32. The molecule has 0 spiro atoms. The van der Waals surface area contributed by atoms with Crippen molar-refractivity contribution >= 4 is 11.9 Å². The van der Waals surface area contributed by atoms with E-state index in [-0.39, 0.29) is 11.9 Å².